The molecule has 2 aromatic carbocycles. The lowest BCUT2D eigenvalue weighted by Gasteiger charge is -2.19. The summed E-state index contributed by atoms with van der Waals surface area (Å²) < 4.78 is 49.7. The topological polar surface area (TPSA) is 98.1 Å². The van der Waals surface area contributed by atoms with Crippen LogP contribution >= 0.6 is 0 Å². The van der Waals surface area contributed by atoms with Crippen LogP contribution in [0.4, 0.5) is 5.69 Å². The second-order valence-electron chi connectivity index (χ2n) is 6.61. The van der Waals surface area contributed by atoms with Crippen molar-refractivity contribution in [3.63, 3.8) is 0 Å². The first-order chi connectivity index (χ1) is 13.1. The molecule has 3 aromatic rings. The summed E-state index contributed by atoms with van der Waals surface area (Å²) >= 11 is 0. The molecule has 0 aliphatic carbocycles. The van der Waals surface area contributed by atoms with E-state index < -0.39 is 19.7 Å². The monoisotopic (exact) mass is 419 g/mol. The van der Waals surface area contributed by atoms with Crippen LogP contribution in [0, 0.1) is 0 Å². The Labute approximate surface area is 164 Å². The minimum absolute atomic E-state index is 0.0327. The van der Waals surface area contributed by atoms with Crippen molar-refractivity contribution in [2.45, 2.75) is 22.8 Å². The molecule has 0 aliphatic heterocycles. The molecule has 0 spiro atoms. The molecule has 148 valence electrons. The molecule has 0 bridgehead atoms. The number of aromatic nitrogens is 2. The van der Waals surface area contributed by atoms with Crippen molar-refractivity contribution in [3.8, 4) is 5.69 Å². The van der Waals surface area contributed by atoms with Gasteiger partial charge in [0.2, 0.25) is 0 Å². The fraction of sp³-hybridized carbons (Fsp3) is 0.211. The number of benzene rings is 2. The van der Waals surface area contributed by atoms with Gasteiger partial charge in [-0.1, -0.05) is 12.1 Å². The summed E-state index contributed by atoms with van der Waals surface area (Å²) in [5, 5.41) is 7.35. The van der Waals surface area contributed by atoms with Crippen molar-refractivity contribution in [3.05, 3.63) is 66.5 Å². The van der Waals surface area contributed by atoms with Gasteiger partial charge in [0.05, 0.1) is 21.2 Å². The Hall–Kier alpha value is -2.65. The number of anilines is 1. The third-order valence-electron chi connectivity index (χ3n) is 4.31. The van der Waals surface area contributed by atoms with Gasteiger partial charge in [0, 0.05) is 30.9 Å². The van der Waals surface area contributed by atoms with E-state index in [0.717, 1.165) is 23.8 Å². The van der Waals surface area contributed by atoms with Gasteiger partial charge in [-0.3, -0.25) is 0 Å². The van der Waals surface area contributed by atoms with Crippen LogP contribution in [0.2, 0.25) is 0 Å². The average molecular weight is 420 g/mol. The van der Waals surface area contributed by atoms with Crippen LogP contribution in [-0.4, -0.2) is 39.1 Å². The molecule has 0 amide bonds. The lowest BCUT2D eigenvalue weighted by molar-refractivity contribution is 0.600. The van der Waals surface area contributed by atoms with E-state index in [-0.39, 0.29) is 15.8 Å². The zero-order valence-corrected chi connectivity index (χ0v) is 17.3. The average Bonchev–Trinajstić information content (AvgIpc) is 3.15. The van der Waals surface area contributed by atoms with Gasteiger partial charge in [-0.25, -0.2) is 21.5 Å². The van der Waals surface area contributed by atoms with Gasteiger partial charge in [-0.05, 0) is 48.9 Å². The highest BCUT2D eigenvalue weighted by atomic mass is 32.2. The van der Waals surface area contributed by atoms with Gasteiger partial charge >= 0.3 is 0 Å². The van der Waals surface area contributed by atoms with Crippen molar-refractivity contribution >= 4 is 25.4 Å². The van der Waals surface area contributed by atoms with E-state index >= 15 is 0 Å². The number of nitrogens with zero attached hydrogens (tertiary/aromatic N) is 2. The second-order valence-corrected chi connectivity index (χ2v) is 10.6. The van der Waals surface area contributed by atoms with Crippen LogP contribution in [0.15, 0.2) is 70.7 Å². The highest BCUT2D eigenvalue weighted by Crippen LogP contribution is 2.28. The van der Waals surface area contributed by atoms with Crippen LogP contribution in [0.1, 0.15) is 18.5 Å². The largest absolute Gasteiger partial charge is 0.377 e. The third-order valence-corrected chi connectivity index (χ3v) is 6.56. The zero-order valence-electron chi connectivity index (χ0n) is 15.7. The van der Waals surface area contributed by atoms with E-state index in [9.17, 15) is 16.8 Å². The molecule has 1 heterocycles. The van der Waals surface area contributed by atoms with Crippen molar-refractivity contribution < 1.29 is 16.8 Å². The van der Waals surface area contributed by atoms with E-state index in [1.165, 1.54) is 18.2 Å². The van der Waals surface area contributed by atoms with Crippen LogP contribution in [0.25, 0.3) is 5.69 Å². The first kappa shape index (κ1) is 20.1. The number of rotatable bonds is 6. The maximum absolute atomic E-state index is 12.2. The third kappa shape index (κ3) is 4.42. The summed E-state index contributed by atoms with van der Waals surface area (Å²) in [6, 6.07) is 13.4. The maximum atomic E-state index is 12.2. The normalized spacial score (nSPS) is 13.2. The van der Waals surface area contributed by atoms with Gasteiger partial charge in [-0.15, -0.1) is 0 Å². The van der Waals surface area contributed by atoms with Gasteiger partial charge in [0.15, 0.2) is 19.7 Å². The summed E-state index contributed by atoms with van der Waals surface area (Å²) in [4.78, 5) is -0.0786. The van der Waals surface area contributed by atoms with Crippen molar-refractivity contribution in [1.82, 2.24) is 9.78 Å². The van der Waals surface area contributed by atoms with E-state index in [1.54, 1.807) is 10.9 Å². The minimum atomic E-state index is -3.62. The van der Waals surface area contributed by atoms with Crippen LogP contribution in [-0.2, 0) is 19.7 Å². The van der Waals surface area contributed by atoms with E-state index in [1.807, 2.05) is 43.5 Å². The lowest BCUT2D eigenvalue weighted by atomic mass is 10.1. The minimum Gasteiger partial charge on any atom is -0.377 e. The SMILES string of the molecule is CC(Nc1ccc(S(C)(=O)=O)cc1S(C)(=O)=O)c1ccc(-n2cccn2)cc1. The molecule has 1 aromatic heterocycles. The highest BCUT2D eigenvalue weighted by molar-refractivity contribution is 7.91. The Morgan fingerprint density at radius 3 is 2.18 bits per heavy atom. The maximum Gasteiger partial charge on any atom is 0.177 e. The Morgan fingerprint density at radius 2 is 1.64 bits per heavy atom. The molecule has 9 heteroatoms. The van der Waals surface area contributed by atoms with Gasteiger partial charge in [0.1, 0.15) is 0 Å². The van der Waals surface area contributed by atoms with Crippen molar-refractivity contribution in [1.29, 1.82) is 0 Å². The van der Waals surface area contributed by atoms with Crippen LogP contribution < -0.4 is 5.32 Å². The molecule has 3 rings (SSSR count). The molecule has 1 N–H and O–H groups in total. The smallest absolute Gasteiger partial charge is 0.177 e. The van der Waals surface area contributed by atoms with Crippen LogP contribution in [0.5, 0.6) is 0 Å². The molecule has 0 radical (unpaired) electrons. The summed E-state index contributed by atoms with van der Waals surface area (Å²) in [6.07, 6.45) is 5.65. The standard InChI is InChI=1S/C19H21N3O4S2/c1-14(15-5-7-16(8-6-15)22-12-4-11-20-22)21-18-10-9-17(27(2,23)24)13-19(18)28(3,25)26/h4-14,21H,1-3H3. The molecule has 1 atom stereocenters. The zero-order chi connectivity index (χ0) is 20.5. The lowest BCUT2D eigenvalue weighted by Crippen LogP contribution is -2.12. The quantitative estimate of drug-likeness (QED) is 0.660. The summed E-state index contributed by atoms with van der Waals surface area (Å²) in [6.45, 7) is 1.90. The Kier molecular flexibility index (Phi) is 5.31. The Bertz CT molecular complexity index is 1180. The summed E-state index contributed by atoms with van der Waals surface area (Å²) in [5.74, 6) is 0. The van der Waals surface area contributed by atoms with E-state index in [2.05, 4.69) is 10.4 Å². The summed E-state index contributed by atoms with van der Waals surface area (Å²) in [7, 11) is -7.13. The molecular weight excluding hydrogens is 398 g/mol. The van der Waals surface area contributed by atoms with E-state index in [4.69, 9.17) is 0 Å². The predicted octanol–water partition coefficient (Wildman–Crippen LogP) is 2.85. The molecule has 0 saturated heterocycles. The number of hydrogen-bond acceptors (Lipinski definition) is 6. The van der Waals surface area contributed by atoms with Gasteiger partial charge in [-0.2, -0.15) is 5.10 Å². The van der Waals surface area contributed by atoms with Gasteiger partial charge in [0.25, 0.3) is 0 Å². The number of nitrogens with one attached hydrogen (secondary N) is 1. The first-order valence-corrected chi connectivity index (χ1v) is 12.2. The Balaban J connectivity index is 1.90. The van der Waals surface area contributed by atoms with Crippen molar-refractivity contribution in [2.24, 2.45) is 0 Å². The molecule has 28 heavy (non-hydrogen) atoms. The fourth-order valence-electron chi connectivity index (χ4n) is 2.81. The molecule has 7 nitrogen and oxygen atoms in total. The number of sulfone groups is 2. The molecule has 0 aliphatic rings. The Morgan fingerprint density at radius 1 is 0.964 bits per heavy atom. The summed E-state index contributed by atoms with van der Waals surface area (Å²) in [5.41, 5.74) is 2.22. The molecule has 0 fully saturated rings. The molecule has 0 saturated carbocycles. The molecular formula is C19H21N3O4S2. The first-order valence-electron chi connectivity index (χ1n) is 8.46. The molecule has 1 unspecified atom stereocenters. The highest BCUT2D eigenvalue weighted by Gasteiger charge is 2.19. The van der Waals surface area contributed by atoms with Crippen molar-refractivity contribution in [2.75, 3.05) is 17.8 Å². The number of hydrogen-bond donors (Lipinski definition) is 1. The predicted molar refractivity (Wildman–Crippen MR) is 108 cm³/mol. The van der Waals surface area contributed by atoms with Crippen LogP contribution in [0.3, 0.4) is 0 Å². The van der Waals surface area contributed by atoms with E-state index in [0.29, 0.717) is 5.69 Å². The second kappa shape index (κ2) is 7.40. The fourth-order valence-corrected chi connectivity index (χ4v) is 4.40. The van der Waals surface area contributed by atoms with Gasteiger partial charge < -0.3 is 5.32 Å².